The van der Waals surface area contributed by atoms with Crippen LogP contribution >= 0.6 is 0 Å². The van der Waals surface area contributed by atoms with Crippen molar-refractivity contribution >= 4 is 6.09 Å². The van der Waals surface area contributed by atoms with Crippen LogP contribution in [0, 0.1) is 0 Å². The third kappa shape index (κ3) is 4.53. The first-order valence-electron chi connectivity index (χ1n) is 7.17. The minimum absolute atomic E-state index is 0.240. The predicted molar refractivity (Wildman–Crippen MR) is 78.8 cm³/mol. The average Bonchev–Trinajstić information content (AvgIpc) is 2.91. The van der Waals surface area contributed by atoms with Crippen LogP contribution in [0.25, 0.3) is 0 Å². The Kier molecular flexibility index (Phi) is 5.68. The topological polar surface area (TPSA) is 68.8 Å². The number of alkyl carbamates (subject to hydrolysis) is 1. The number of methoxy groups -OCH3 is 1. The van der Waals surface area contributed by atoms with Gasteiger partial charge >= 0.3 is 6.09 Å². The van der Waals surface area contributed by atoms with E-state index < -0.39 is 0 Å². The van der Waals surface area contributed by atoms with Crippen molar-refractivity contribution in [2.24, 2.45) is 0 Å². The van der Waals surface area contributed by atoms with E-state index in [1.165, 1.54) is 0 Å². The summed E-state index contributed by atoms with van der Waals surface area (Å²) in [6, 6.07) is 5.69. The molecule has 1 atom stereocenters. The molecule has 2 rings (SSSR count). The highest BCUT2D eigenvalue weighted by atomic mass is 16.6. The molecule has 116 valence electrons. The molecule has 0 saturated carbocycles. The lowest BCUT2D eigenvalue weighted by Crippen LogP contribution is -2.23. The normalized spacial score (nSPS) is 17.2. The van der Waals surface area contributed by atoms with Crippen LogP contribution in [0.1, 0.15) is 18.9 Å². The summed E-state index contributed by atoms with van der Waals surface area (Å²) in [4.78, 5) is 11.0. The van der Waals surface area contributed by atoms with Gasteiger partial charge in [0.15, 0.2) is 6.10 Å². The summed E-state index contributed by atoms with van der Waals surface area (Å²) in [6.07, 6.45) is 0.448. The summed E-state index contributed by atoms with van der Waals surface area (Å²) in [5.41, 5.74) is 1.03. The van der Waals surface area contributed by atoms with E-state index in [1.807, 2.05) is 18.2 Å². The number of hydrogen-bond acceptors (Lipinski definition) is 5. The maximum Gasteiger partial charge on any atom is 0.407 e. The van der Waals surface area contributed by atoms with Crippen molar-refractivity contribution in [2.75, 3.05) is 26.8 Å². The molecule has 1 aliphatic rings. The van der Waals surface area contributed by atoms with Crippen molar-refractivity contribution in [3.05, 3.63) is 23.8 Å². The van der Waals surface area contributed by atoms with Crippen LogP contribution in [0.15, 0.2) is 18.2 Å². The van der Waals surface area contributed by atoms with Gasteiger partial charge in [0.1, 0.15) is 18.1 Å². The van der Waals surface area contributed by atoms with E-state index in [0.29, 0.717) is 19.7 Å². The fourth-order valence-corrected chi connectivity index (χ4v) is 2.07. The standard InChI is InChI=1S/C15H22N2O4/c1-3-6-16-8-11-7-12(19-2)4-5-14(11)20-10-13-9-17-15(18)21-13/h4-5,7,13,16H,3,6,8-10H2,1-2H3,(H,17,18). The van der Waals surface area contributed by atoms with E-state index in [2.05, 4.69) is 17.6 Å². The summed E-state index contributed by atoms with van der Waals surface area (Å²) in [5, 5.41) is 5.95. The van der Waals surface area contributed by atoms with Crippen LogP contribution < -0.4 is 20.1 Å². The van der Waals surface area contributed by atoms with Gasteiger partial charge in [-0.1, -0.05) is 6.92 Å². The van der Waals surface area contributed by atoms with Crippen molar-refractivity contribution in [1.29, 1.82) is 0 Å². The Hall–Kier alpha value is -1.95. The van der Waals surface area contributed by atoms with E-state index in [4.69, 9.17) is 14.2 Å². The smallest absolute Gasteiger partial charge is 0.407 e. The molecule has 0 aromatic heterocycles. The second-order valence-corrected chi connectivity index (χ2v) is 4.87. The van der Waals surface area contributed by atoms with Gasteiger partial charge in [0.25, 0.3) is 0 Å². The van der Waals surface area contributed by atoms with E-state index in [1.54, 1.807) is 7.11 Å². The van der Waals surface area contributed by atoms with Crippen LogP contribution in [0.2, 0.25) is 0 Å². The van der Waals surface area contributed by atoms with Crippen LogP contribution in [0.3, 0.4) is 0 Å². The molecule has 21 heavy (non-hydrogen) atoms. The molecule has 2 N–H and O–H groups in total. The zero-order valence-electron chi connectivity index (χ0n) is 12.5. The zero-order valence-corrected chi connectivity index (χ0v) is 12.5. The lowest BCUT2D eigenvalue weighted by atomic mass is 10.2. The highest BCUT2D eigenvalue weighted by Crippen LogP contribution is 2.24. The number of cyclic esters (lactones) is 1. The molecule has 0 radical (unpaired) electrons. The molecule has 6 nitrogen and oxygen atoms in total. The number of amides is 1. The van der Waals surface area contributed by atoms with E-state index in [0.717, 1.165) is 30.0 Å². The van der Waals surface area contributed by atoms with Gasteiger partial charge in [0.05, 0.1) is 13.7 Å². The van der Waals surface area contributed by atoms with Crippen molar-refractivity contribution < 1.29 is 19.0 Å². The van der Waals surface area contributed by atoms with Gasteiger partial charge in [-0.2, -0.15) is 0 Å². The molecule has 1 aromatic rings. The zero-order chi connectivity index (χ0) is 15.1. The van der Waals surface area contributed by atoms with E-state index in [-0.39, 0.29) is 12.2 Å². The molecule has 1 aromatic carbocycles. The molecule has 1 amide bonds. The van der Waals surface area contributed by atoms with Crippen molar-refractivity contribution in [3.63, 3.8) is 0 Å². The second-order valence-electron chi connectivity index (χ2n) is 4.87. The van der Waals surface area contributed by atoms with Crippen molar-refractivity contribution in [3.8, 4) is 11.5 Å². The summed E-state index contributed by atoms with van der Waals surface area (Å²) in [6.45, 7) is 4.60. The number of ether oxygens (including phenoxy) is 3. The lowest BCUT2D eigenvalue weighted by Gasteiger charge is -2.15. The molecular formula is C15H22N2O4. The Balaban J connectivity index is 1.97. The molecular weight excluding hydrogens is 272 g/mol. The highest BCUT2D eigenvalue weighted by Gasteiger charge is 2.23. The molecule has 0 bridgehead atoms. The van der Waals surface area contributed by atoms with Gasteiger partial charge in [0, 0.05) is 12.1 Å². The average molecular weight is 294 g/mol. The fourth-order valence-electron chi connectivity index (χ4n) is 2.07. The number of benzene rings is 1. The predicted octanol–water partition coefficient (Wildman–Crippen LogP) is 1.68. The highest BCUT2D eigenvalue weighted by molar-refractivity contribution is 5.69. The van der Waals surface area contributed by atoms with Gasteiger partial charge in [0.2, 0.25) is 0 Å². The molecule has 6 heteroatoms. The summed E-state index contributed by atoms with van der Waals surface area (Å²) in [7, 11) is 1.64. The minimum atomic E-state index is -0.386. The number of hydrogen-bond donors (Lipinski definition) is 2. The van der Waals surface area contributed by atoms with Gasteiger partial charge in [-0.05, 0) is 31.2 Å². The lowest BCUT2D eigenvalue weighted by molar-refractivity contribution is 0.104. The van der Waals surface area contributed by atoms with Crippen LogP contribution in [-0.2, 0) is 11.3 Å². The quantitative estimate of drug-likeness (QED) is 0.714. The third-order valence-corrected chi connectivity index (χ3v) is 3.18. The molecule has 0 spiro atoms. The first-order chi connectivity index (χ1) is 10.2. The molecule has 1 unspecified atom stereocenters. The number of nitrogens with one attached hydrogen (secondary N) is 2. The summed E-state index contributed by atoms with van der Waals surface area (Å²) in [5.74, 6) is 1.58. The monoisotopic (exact) mass is 294 g/mol. The summed E-state index contributed by atoms with van der Waals surface area (Å²) >= 11 is 0. The van der Waals surface area contributed by atoms with Crippen molar-refractivity contribution in [2.45, 2.75) is 26.0 Å². The Morgan fingerprint density at radius 2 is 2.33 bits per heavy atom. The second kappa shape index (κ2) is 7.73. The third-order valence-electron chi connectivity index (χ3n) is 3.18. The number of carbonyl (C=O) groups is 1. The van der Waals surface area contributed by atoms with Crippen molar-refractivity contribution in [1.82, 2.24) is 10.6 Å². The van der Waals surface area contributed by atoms with Gasteiger partial charge in [-0.15, -0.1) is 0 Å². The fraction of sp³-hybridized carbons (Fsp3) is 0.533. The minimum Gasteiger partial charge on any atom is -0.497 e. The number of rotatable bonds is 8. The first-order valence-corrected chi connectivity index (χ1v) is 7.17. The van der Waals surface area contributed by atoms with E-state index in [9.17, 15) is 4.79 Å². The Labute approximate surface area is 124 Å². The molecule has 0 aliphatic carbocycles. The number of carbonyl (C=O) groups excluding carboxylic acids is 1. The van der Waals surface area contributed by atoms with E-state index >= 15 is 0 Å². The molecule has 1 saturated heterocycles. The largest absolute Gasteiger partial charge is 0.497 e. The Morgan fingerprint density at radius 3 is 3.00 bits per heavy atom. The maximum absolute atomic E-state index is 11.0. The Morgan fingerprint density at radius 1 is 1.48 bits per heavy atom. The molecule has 1 fully saturated rings. The Bertz CT molecular complexity index is 479. The van der Waals surface area contributed by atoms with Gasteiger partial charge < -0.3 is 24.8 Å². The molecule has 1 aliphatic heterocycles. The van der Waals surface area contributed by atoms with Gasteiger partial charge in [-0.3, -0.25) is 0 Å². The maximum atomic E-state index is 11.0. The first kappa shape index (κ1) is 15.4. The summed E-state index contributed by atoms with van der Waals surface area (Å²) < 4.78 is 16.1. The molecule has 1 heterocycles. The van der Waals surface area contributed by atoms with Crippen LogP contribution in [0.5, 0.6) is 11.5 Å². The van der Waals surface area contributed by atoms with Gasteiger partial charge in [-0.25, -0.2) is 4.79 Å². The van der Waals surface area contributed by atoms with Crippen LogP contribution in [0.4, 0.5) is 4.79 Å². The van der Waals surface area contributed by atoms with Crippen LogP contribution in [-0.4, -0.2) is 39.0 Å². The SMILES string of the molecule is CCCNCc1cc(OC)ccc1OCC1CNC(=O)O1.